The minimum absolute atomic E-state index is 0.639. The molecule has 2 aromatic rings. The van der Waals surface area contributed by atoms with Crippen LogP contribution in [-0.4, -0.2) is 19.6 Å². The maximum atomic E-state index is 5.74. The van der Waals surface area contributed by atoms with Gasteiger partial charge in [-0.2, -0.15) is 0 Å². The van der Waals surface area contributed by atoms with Crippen molar-refractivity contribution in [3.8, 4) is 0 Å². The third-order valence-corrected chi connectivity index (χ3v) is 2.95. The number of benzene rings is 1. The second-order valence-electron chi connectivity index (χ2n) is 4.46. The van der Waals surface area contributed by atoms with Gasteiger partial charge in [0.15, 0.2) is 5.96 Å². The van der Waals surface area contributed by atoms with E-state index in [1.807, 2.05) is 18.2 Å². The molecular weight excluding hydrogens is 238 g/mol. The zero-order valence-corrected chi connectivity index (χ0v) is 11.6. The van der Waals surface area contributed by atoms with Gasteiger partial charge in [0.2, 0.25) is 0 Å². The molecule has 0 atom stereocenters. The average molecular weight is 259 g/mol. The van der Waals surface area contributed by atoms with Crippen molar-refractivity contribution in [1.82, 2.24) is 10.6 Å². The molecular formula is C15H21N3O. The largest absolute Gasteiger partial charge is 0.459 e. The molecule has 4 nitrogen and oxygen atoms in total. The smallest absolute Gasteiger partial charge is 0.191 e. The minimum atomic E-state index is 0.639. The lowest BCUT2D eigenvalue weighted by molar-refractivity contribution is 0.538. The van der Waals surface area contributed by atoms with Crippen LogP contribution in [0.1, 0.15) is 25.5 Å². The number of fused-ring (bicyclic) bond motifs is 1. The predicted molar refractivity (Wildman–Crippen MR) is 79.3 cm³/mol. The molecule has 0 unspecified atom stereocenters. The number of furan rings is 1. The first-order chi connectivity index (χ1) is 9.33. The second-order valence-corrected chi connectivity index (χ2v) is 4.46. The van der Waals surface area contributed by atoms with E-state index in [-0.39, 0.29) is 0 Å². The highest BCUT2D eigenvalue weighted by molar-refractivity contribution is 5.80. The van der Waals surface area contributed by atoms with Gasteiger partial charge in [-0.15, -0.1) is 0 Å². The van der Waals surface area contributed by atoms with Gasteiger partial charge in [-0.05, 0) is 18.6 Å². The molecule has 1 aromatic heterocycles. The van der Waals surface area contributed by atoms with Crippen LogP contribution in [0.5, 0.6) is 0 Å². The first kappa shape index (κ1) is 13.5. The highest BCUT2D eigenvalue weighted by Gasteiger charge is 2.03. The zero-order chi connectivity index (χ0) is 13.5. The summed E-state index contributed by atoms with van der Waals surface area (Å²) in [5.41, 5.74) is 0.924. The molecule has 0 saturated heterocycles. The van der Waals surface area contributed by atoms with Crippen LogP contribution in [-0.2, 0) is 6.54 Å². The molecule has 0 aliphatic carbocycles. The van der Waals surface area contributed by atoms with Crippen molar-refractivity contribution >= 4 is 16.9 Å². The summed E-state index contributed by atoms with van der Waals surface area (Å²) >= 11 is 0. The monoisotopic (exact) mass is 259 g/mol. The summed E-state index contributed by atoms with van der Waals surface area (Å²) in [6, 6.07) is 10.1. The molecule has 2 N–H and O–H groups in total. The Balaban J connectivity index is 1.90. The van der Waals surface area contributed by atoms with Gasteiger partial charge in [0.1, 0.15) is 11.3 Å². The quantitative estimate of drug-likeness (QED) is 0.493. The lowest BCUT2D eigenvalue weighted by atomic mass is 10.2. The van der Waals surface area contributed by atoms with Crippen LogP contribution in [0.3, 0.4) is 0 Å². The van der Waals surface area contributed by atoms with Crippen LogP contribution in [0.15, 0.2) is 39.7 Å². The molecule has 0 saturated carbocycles. The molecule has 0 aliphatic heterocycles. The third kappa shape index (κ3) is 3.74. The molecule has 0 aliphatic rings. The molecule has 0 radical (unpaired) electrons. The Morgan fingerprint density at radius 2 is 2.11 bits per heavy atom. The maximum absolute atomic E-state index is 5.74. The Morgan fingerprint density at radius 3 is 2.84 bits per heavy atom. The van der Waals surface area contributed by atoms with E-state index in [4.69, 9.17) is 4.42 Å². The Bertz CT molecular complexity index is 512. The summed E-state index contributed by atoms with van der Waals surface area (Å²) in [5, 5.41) is 7.65. The standard InChI is InChI=1S/C15H21N3O/c1-3-4-9-17-15(16-2)18-11-13-10-12-7-5-6-8-14(12)19-13/h5-8,10H,3-4,9,11H2,1-2H3,(H2,16,17,18). The van der Waals surface area contributed by atoms with Crippen LogP contribution in [0.2, 0.25) is 0 Å². The number of aliphatic imine (C=N–C) groups is 1. The number of nitrogens with zero attached hydrogens (tertiary/aromatic N) is 1. The number of nitrogens with one attached hydrogen (secondary N) is 2. The SMILES string of the molecule is CCCCNC(=NC)NCc1cc2ccccc2o1. The van der Waals surface area contributed by atoms with Crippen LogP contribution < -0.4 is 10.6 Å². The first-order valence-electron chi connectivity index (χ1n) is 6.75. The van der Waals surface area contributed by atoms with Gasteiger partial charge in [0.05, 0.1) is 6.54 Å². The number of hydrogen-bond acceptors (Lipinski definition) is 2. The molecule has 0 amide bonds. The molecule has 1 aromatic carbocycles. The van der Waals surface area contributed by atoms with E-state index in [2.05, 4.69) is 34.7 Å². The van der Waals surface area contributed by atoms with Gasteiger partial charge >= 0.3 is 0 Å². The molecule has 4 heteroatoms. The zero-order valence-electron chi connectivity index (χ0n) is 11.6. The van der Waals surface area contributed by atoms with Crippen molar-refractivity contribution in [1.29, 1.82) is 0 Å². The lowest BCUT2D eigenvalue weighted by Crippen LogP contribution is -2.37. The Kier molecular flexibility index (Phi) is 4.84. The number of para-hydroxylation sites is 1. The molecule has 0 bridgehead atoms. The summed E-state index contributed by atoms with van der Waals surface area (Å²) in [6.07, 6.45) is 2.32. The summed E-state index contributed by atoms with van der Waals surface area (Å²) in [7, 11) is 1.78. The summed E-state index contributed by atoms with van der Waals surface area (Å²) in [4.78, 5) is 4.18. The van der Waals surface area contributed by atoms with Crippen molar-refractivity contribution in [2.24, 2.45) is 4.99 Å². The van der Waals surface area contributed by atoms with Gasteiger partial charge in [-0.1, -0.05) is 31.5 Å². The minimum Gasteiger partial charge on any atom is -0.459 e. The summed E-state index contributed by atoms with van der Waals surface area (Å²) in [6.45, 7) is 3.75. The number of guanidine groups is 1. The number of unbranched alkanes of at least 4 members (excludes halogenated alkanes) is 1. The Hall–Kier alpha value is -1.97. The lowest BCUT2D eigenvalue weighted by Gasteiger charge is -2.09. The van der Waals surface area contributed by atoms with E-state index in [0.29, 0.717) is 6.54 Å². The molecule has 0 spiro atoms. The van der Waals surface area contributed by atoms with Crippen molar-refractivity contribution in [2.45, 2.75) is 26.3 Å². The number of rotatable bonds is 5. The normalized spacial score (nSPS) is 11.8. The van der Waals surface area contributed by atoms with Gasteiger partial charge < -0.3 is 15.1 Å². The fourth-order valence-corrected chi connectivity index (χ4v) is 1.90. The second kappa shape index (κ2) is 6.83. The van der Waals surface area contributed by atoms with Gasteiger partial charge in [-0.25, -0.2) is 0 Å². The molecule has 0 fully saturated rings. The van der Waals surface area contributed by atoms with Crippen molar-refractivity contribution in [2.75, 3.05) is 13.6 Å². The summed E-state index contributed by atoms with van der Waals surface area (Å²) in [5.74, 6) is 1.73. The molecule has 102 valence electrons. The van der Waals surface area contributed by atoms with Crippen LogP contribution in [0.4, 0.5) is 0 Å². The van der Waals surface area contributed by atoms with Gasteiger partial charge in [0.25, 0.3) is 0 Å². The molecule has 1 heterocycles. The van der Waals surface area contributed by atoms with Crippen molar-refractivity contribution in [3.05, 3.63) is 36.1 Å². The van der Waals surface area contributed by atoms with Crippen LogP contribution in [0, 0.1) is 0 Å². The highest BCUT2D eigenvalue weighted by Crippen LogP contribution is 2.18. The van der Waals surface area contributed by atoms with E-state index in [9.17, 15) is 0 Å². The third-order valence-electron chi connectivity index (χ3n) is 2.95. The molecule has 2 rings (SSSR count). The van der Waals surface area contributed by atoms with E-state index >= 15 is 0 Å². The fourth-order valence-electron chi connectivity index (χ4n) is 1.90. The van der Waals surface area contributed by atoms with E-state index < -0.39 is 0 Å². The van der Waals surface area contributed by atoms with Crippen LogP contribution >= 0.6 is 0 Å². The van der Waals surface area contributed by atoms with E-state index in [0.717, 1.165) is 35.7 Å². The molecule has 19 heavy (non-hydrogen) atoms. The van der Waals surface area contributed by atoms with Gasteiger partial charge in [-0.3, -0.25) is 4.99 Å². The number of hydrogen-bond donors (Lipinski definition) is 2. The van der Waals surface area contributed by atoms with E-state index in [1.165, 1.54) is 6.42 Å². The Labute approximate surface area is 113 Å². The van der Waals surface area contributed by atoms with E-state index in [1.54, 1.807) is 7.05 Å². The first-order valence-corrected chi connectivity index (χ1v) is 6.75. The van der Waals surface area contributed by atoms with Gasteiger partial charge in [0, 0.05) is 19.0 Å². The van der Waals surface area contributed by atoms with Crippen molar-refractivity contribution < 1.29 is 4.42 Å². The van der Waals surface area contributed by atoms with Crippen LogP contribution in [0.25, 0.3) is 11.0 Å². The summed E-state index contributed by atoms with van der Waals surface area (Å²) < 4.78 is 5.74. The average Bonchev–Trinajstić information content (AvgIpc) is 2.85. The highest BCUT2D eigenvalue weighted by atomic mass is 16.3. The van der Waals surface area contributed by atoms with Crippen molar-refractivity contribution in [3.63, 3.8) is 0 Å². The maximum Gasteiger partial charge on any atom is 0.191 e. The topological polar surface area (TPSA) is 49.6 Å². The predicted octanol–water partition coefficient (Wildman–Crippen LogP) is 2.90. The Morgan fingerprint density at radius 1 is 1.26 bits per heavy atom. The fraction of sp³-hybridized carbons (Fsp3) is 0.400.